The van der Waals surface area contributed by atoms with Crippen molar-refractivity contribution in [1.29, 1.82) is 0 Å². The largest absolute Gasteiger partial charge is 0.495 e. The zero-order valence-electron chi connectivity index (χ0n) is 27.1. The molecular weight excluding hydrogens is 506 g/mol. The van der Waals surface area contributed by atoms with E-state index < -0.39 is 0 Å². The van der Waals surface area contributed by atoms with Crippen LogP contribution in [0.4, 0.5) is 0 Å². The fourth-order valence-electron chi connectivity index (χ4n) is 5.32. The zero-order valence-corrected chi connectivity index (χ0v) is 27.1. The lowest BCUT2D eigenvalue weighted by atomic mass is 9.84. The number of rotatable bonds is 19. The number of methoxy groups -OCH3 is 2. The number of ether oxygens (including phenoxy) is 4. The molecule has 1 aliphatic heterocycles. The molecule has 7 nitrogen and oxygen atoms in total. The van der Waals surface area contributed by atoms with Gasteiger partial charge in [-0.2, -0.15) is 0 Å². The number of carbonyl (C=O) groups excluding carboxylic acids is 2. The number of hydrogen-bond donors (Lipinski definition) is 0. The Hall–Kier alpha value is -1.86. The highest BCUT2D eigenvalue weighted by Crippen LogP contribution is 2.30. The lowest BCUT2D eigenvalue weighted by Crippen LogP contribution is -2.39. The molecule has 0 N–H and O–H groups in total. The highest BCUT2D eigenvalue weighted by atomic mass is 16.5. The van der Waals surface area contributed by atoms with Gasteiger partial charge in [0.05, 0.1) is 23.9 Å². The number of nitrogens with zero attached hydrogens (tertiary/aromatic N) is 1. The van der Waals surface area contributed by atoms with Crippen LogP contribution in [0, 0.1) is 29.6 Å². The standard InChI is InChI=1S/C33H59NO6/c1-12-26(8)39-29(22(2)3)21-30(37-10)24(6)16-17-28(40-33(36)23(4)5)27(9)32(38-11)25(7)18-20-34-19-14-13-15-31(34)35/h18,20,22-25,27-30,32H,8,12-17,19,21H2,1-7,9-11H3/b20-18+/t24-,25+,27-,28+,29-,30-,32+/m0/s1. The molecule has 1 saturated heterocycles. The average Bonchev–Trinajstić information content (AvgIpc) is 2.92. The molecule has 232 valence electrons. The summed E-state index contributed by atoms with van der Waals surface area (Å²) < 4.78 is 24.1. The third-order valence-corrected chi connectivity index (χ3v) is 8.33. The van der Waals surface area contributed by atoms with Gasteiger partial charge in [0.15, 0.2) is 0 Å². The smallest absolute Gasteiger partial charge is 0.308 e. The summed E-state index contributed by atoms with van der Waals surface area (Å²) in [4.78, 5) is 26.8. The van der Waals surface area contributed by atoms with Crippen LogP contribution in [-0.4, -0.2) is 62.0 Å². The molecule has 0 aromatic carbocycles. The molecule has 0 aromatic heterocycles. The summed E-state index contributed by atoms with van der Waals surface area (Å²) in [7, 11) is 3.47. The van der Waals surface area contributed by atoms with E-state index in [4.69, 9.17) is 18.9 Å². The van der Waals surface area contributed by atoms with Crippen LogP contribution in [0.15, 0.2) is 24.6 Å². The van der Waals surface area contributed by atoms with E-state index in [2.05, 4.69) is 47.3 Å². The van der Waals surface area contributed by atoms with Gasteiger partial charge in [0, 0.05) is 58.1 Å². The first-order valence-electron chi connectivity index (χ1n) is 15.4. The highest BCUT2D eigenvalue weighted by Gasteiger charge is 2.34. The number of esters is 1. The van der Waals surface area contributed by atoms with Crippen LogP contribution in [0.3, 0.4) is 0 Å². The van der Waals surface area contributed by atoms with Crippen LogP contribution in [0.1, 0.15) is 100 Å². The second kappa shape index (κ2) is 18.5. The monoisotopic (exact) mass is 565 g/mol. The van der Waals surface area contributed by atoms with E-state index >= 15 is 0 Å². The highest BCUT2D eigenvalue weighted by molar-refractivity contribution is 5.77. The van der Waals surface area contributed by atoms with Crippen LogP contribution in [0.25, 0.3) is 0 Å². The molecule has 1 amide bonds. The second-order valence-corrected chi connectivity index (χ2v) is 12.3. The molecule has 1 aliphatic rings. The van der Waals surface area contributed by atoms with Gasteiger partial charge < -0.3 is 23.8 Å². The molecule has 7 atom stereocenters. The molecule has 0 spiro atoms. The number of likely N-dealkylation sites (tertiary alicyclic amines) is 1. The molecule has 0 bridgehead atoms. The van der Waals surface area contributed by atoms with Crippen LogP contribution >= 0.6 is 0 Å². The summed E-state index contributed by atoms with van der Waals surface area (Å²) in [5.74, 6) is 1.13. The maximum absolute atomic E-state index is 12.7. The Morgan fingerprint density at radius 1 is 0.950 bits per heavy atom. The van der Waals surface area contributed by atoms with Gasteiger partial charge in [0.2, 0.25) is 5.91 Å². The van der Waals surface area contributed by atoms with Crippen molar-refractivity contribution in [3.63, 3.8) is 0 Å². The summed E-state index contributed by atoms with van der Waals surface area (Å²) in [5, 5.41) is 0. The van der Waals surface area contributed by atoms with E-state index in [9.17, 15) is 9.59 Å². The first-order valence-corrected chi connectivity index (χ1v) is 15.4. The lowest BCUT2D eigenvalue weighted by Gasteiger charge is -2.35. The van der Waals surface area contributed by atoms with Gasteiger partial charge in [0.25, 0.3) is 0 Å². The lowest BCUT2D eigenvalue weighted by molar-refractivity contribution is -0.159. The number of piperidine rings is 1. The van der Waals surface area contributed by atoms with Crippen molar-refractivity contribution in [1.82, 2.24) is 4.90 Å². The number of carbonyl (C=O) groups is 2. The van der Waals surface area contributed by atoms with Gasteiger partial charge in [-0.15, -0.1) is 0 Å². The molecule has 1 fully saturated rings. The summed E-state index contributed by atoms with van der Waals surface area (Å²) in [6.07, 6.45) is 9.23. The fraction of sp³-hybridized carbons (Fsp3) is 0.818. The molecule has 0 saturated carbocycles. The molecule has 40 heavy (non-hydrogen) atoms. The van der Waals surface area contributed by atoms with Crippen LogP contribution in [0.5, 0.6) is 0 Å². The number of allylic oxidation sites excluding steroid dienone is 1. The molecule has 0 unspecified atom stereocenters. The number of hydrogen-bond acceptors (Lipinski definition) is 6. The van der Waals surface area contributed by atoms with Crippen molar-refractivity contribution >= 4 is 11.9 Å². The summed E-state index contributed by atoms with van der Waals surface area (Å²) in [6.45, 7) is 21.3. The maximum Gasteiger partial charge on any atom is 0.308 e. The van der Waals surface area contributed by atoms with Crippen LogP contribution in [-0.2, 0) is 28.5 Å². The van der Waals surface area contributed by atoms with Crippen LogP contribution < -0.4 is 0 Å². The Bertz CT molecular complexity index is 794. The predicted octanol–water partition coefficient (Wildman–Crippen LogP) is 7.15. The van der Waals surface area contributed by atoms with Crippen molar-refractivity contribution in [2.45, 2.75) is 125 Å². The van der Waals surface area contributed by atoms with Gasteiger partial charge in [-0.05, 0) is 37.5 Å². The SMILES string of the molecule is C=C(CC)O[C@@H](C[C@H](OC)[C@@H](C)CC[C@@H](OC(=O)C(C)C)[C@H](C)[C@H](OC)[C@H](C)/C=C/N1CCCCC1=O)C(C)C. The zero-order chi connectivity index (χ0) is 30.4. The van der Waals surface area contributed by atoms with E-state index in [0.717, 1.165) is 44.4 Å². The summed E-state index contributed by atoms with van der Waals surface area (Å²) >= 11 is 0. The molecule has 1 heterocycles. The van der Waals surface area contributed by atoms with Gasteiger partial charge in [-0.25, -0.2) is 0 Å². The first-order chi connectivity index (χ1) is 18.9. The quantitative estimate of drug-likeness (QED) is 0.122. The Kier molecular flexibility index (Phi) is 16.8. The predicted molar refractivity (Wildman–Crippen MR) is 162 cm³/mol. The fourth-order valence-corrected chi connectivity index (χ4v) is 5.32. The van der Waals surface area contributed by atoms with Gasteiger partial charge >= 0.3 is 5.97 Å². The van der Waals surface area contributed by atoms with Gasteiger partial charge in [0.1, 0.15) is 12.2 Å². The minimum atomic E-state index is -0.302. The van der Waals surface area contributed by atoms with E-state index in [1.807, 2.05) is 31.9 Å². The Labute approximate surface area is 245 Å². The molecule has 7 heteroatoms. The van der Waals surface area contributed by atoms with Gasteiger partial charge in [-0.3, -0.25) is 9.59 Å². The van der Waals surface area contributed by atoms with E-state index in [-0.39, 0.29) is 60.0 Å². The van der Waals surface area contributed by atoms with E-state index in [1.54, 1.807) is 14.2 Å². The van der Waals surface area contributed by atoms with E-state index in [1.165, 1.54) is 0 Å². The number of amides is 1. The minimum Gasteiger partial charge on any atom is -0.495 e. The molecule has 0 aliphatic carbocycles. The molecule has 1 rings (SSSR count). The van der Waals surface area contributed by atoms with Crippen molar-refractivity contribution < 1.29 is 28.5 Å². The third-order valence-electron chi connectivity index (χ3n) is 8.33. The Morgan fingerprint density at radius 3 is 2.15 bits per heavy atom. The van der Waals surface area contributed by atoms with Gasteiger partial charge in [-0.1, -0.05) is 68.0 Å². The summed E-state index contributed by atoms with van der Waals surface area (Å²) in [5.41, 5.74) is 0. The third kappa shape index (κ3) is 11.9. The second-order valence-electron chi connectivity index (χ2n) is 12.3. The normalized spacial score (nSPS) is 19.8. The van der Waals surface area contributed by atoms with Crippen molar-refractivity contribution in [2.24, 2.45) is 29.6 Å². The summed E-state index contributed by atoms with van der Waals surface area (Å²) in [6, 6.07) is 0. The Morgan fingerprint density at radius 2 is 1.62 bits per heavy atom. The first kappa shape index (κ1) is 36.2. The average molecular weight is 566 g/mol. The minimum absolute atomic E-state index is 0.0102. The van der Waals surface area contributed by atoms with Crippen LogP contribution in [0.2, 0.25) is 0 Å². The molecule has 0 aromatic rings. The van der Waals surface area contributed by atoms with Crippen molar-refractivity contribution in [2.75, 3.05) is 20.8 Å². The van der Waals surface area contributed by atoms with E-state index in [0.29, 0.717) is 18.8 Å². The van der Waals surface area contributed by atoms with Crippen molar-refractivity contribution in [3.8, 4) is 0 Å². The topological polar surface area (TPSA) is 74.3 Å². The molecule has 0 radical (unpaired) electrons. The molecular formula is C33H59NO6. The van der Waals surface area contributed by atoms with Crippen molar-refractivity contribution in [3.05, 3.63) is 24.6 Å². The maximum atomic E-state index is 12.7. The Balaban J connectivity index is 2.99.